The van der Waals surface area contributed by atoms with Crippen LogP contribution < -0.4 is 10.6 Å². The Bertz CT molecular complexity index is 188. The number of nitrogens with one attached hydrogen (secondary N) is 2. The van der Waals surface area contributed by atoms with Crippen molar-refractivity contribution in [3.8, 4) is 0 Å². The Balaban J connectivity index is 2.25. The second-order valence-electron chi connectivity index (χ2n) is 4.32. The summed E-state index contributed by atoms with van der Waals surface area (Å²) >= 11 is 0. The Hall–Kier alpha value is -0.610. The number of carbonyl (C=O) groups excluding carboxylic acids is 1. The van der Waals surface area contributed by atoms with Gasteiger partial charge in [0.1, 0.15) is 0 Å². The van der Waals surface area contributed by atoms with Gasteiger partial charge in [0.15, 0.2) is 0 Å². The molecule has 0 radical (unpaired) electrons. The van der Waals surface area contributed by atoms with Gasteiger partial charge in [-0.1, -0.05) is 0 Å². The first-order chi connectivity index (χ1) is 6.59. The molecule has 0 aromatic rings. The molecule has 0 aromatic carbocycles. The molecule has 1 saturated heterocycles. The number of likely N-dealkylation sites (N-methyl/N-ethyl adjacent to an activating group) is 1. The van der Waals surface area contributed by atoms with Crippen LogP contribution in [0.3, 0.4) is 0 Å². The van der Waals surface area contributed by atoms with Crippen LogP contribution in [0.1, 0.15) is 19.8 Å². The molecule has 1 amide bonds. The van der Waals surface area contributed by atoms with Gasteiger partial charge in [0, 0.05) is 12.6 Å². The van der Waals surface area contributed by atoms with E-state index < -0.39 is 0 Å². The summed E-state index contributed by atoms with van der Waals surface area (Å²) in [6.45, 7) is 3.89. The normalized spacial score (nSPS) is 23.9. The van der Waals surface area contributed by atoms with Crippen LogP contribution in [0.5, 0.6) is 0 Å². The van der Waals surface area contributed by atoms with Crippen LogP contribution in [0.4, 0.5) is 0 Å². The Morgan fingerprint density at radius 2 is 2.36 bits per heavy atom. The number of amides is 1. The maximum Gasteiger partial charge on any atom is 0.237 e. The summed E-state index contributed by atoms with van der Waals surface area (Å²) in [5.41, 5.74) is 0. The third kappa shape index (κ3) is 3.64. The van der Waals surface area contributed by atoms with E-state index in [1.807, 2.05) is 21.0 Å². The van der Waals surface area contributed by atoms with Gasteiger partial charge >= 0.3 is 0 Å². The van der Waals surface area contributed by atoms with E-state index >= 15 is 0 Å². The zero-order chi connectivity index (χ0) is 10.6. The minimum absolute atomic E-state index is 0.0413. The van der Waals surface area contributed by atoms with Crippen LogP contribution in [-0.4, -0.2) is 50.1 Å². The summed E-state index contributed by atoms with van der Waals surface area (Å²) in [6.07, 6.45) is 2.08. The number of nitrogens with zero attached hydrogens (tertiary/aromatic N) is 1. The minimum atomic E-state index is 0.0413. The van der Waals surface area contributed by atoms with E-state index in [1.165, 1.54) is 0 Å². The third-order valence-electron chi connectivity index (χ3n) is 2.40. The lowest BCUT2D eigenvalue weighted by molar-refractivity contribution is -0.123. The highest BCUT2D eigenvalue weighted by atomic mass is 16.2. The first-order valence-electron chi connectivity index (χ1n) is 5.28. The second-order valence-corrected chi connectivity index (χ2v) is 4.32. The fourth-order valence-corrected chi connectivity index (χ4v) is 1.85. The van der Waals surface area contributed by atoms with Crippen LogP contribution in [-0.2, 0) is 4.79 Å². The van der Waals surface area contributed by atoms with E-state index in [2.05, 4.69) is 15.5 Å². The van der Waals surface area contributed by atoms with Gasteiger partial charge in [-0.2, -0.15) is 0 Å². The molecule has 1 aliphatic heterocycles. The molecular formula is C10H21N3O. The zero-order valence-corrected chi connectivity index (χ0v) is 9.34. The number of carbonyl (C=O) groups is 1. The van der Waals surface area contributed by atoms with Crippen molar-refractivity contribution >= 4 is 5.91 Å². The minimum Gasteiger partial charge on any atom is -0.351 e. The van der Waals surface area contributed by atoms with E-state index in [1.54, 1.807) is 0 Å². The molecule has 1 rings (SSSR count). The molecule has 4 nitrogen and oxygen atoms in total. The van der Waals surface area contributed by atoms with Gasteiger partial charge in [0.25, 0.3) is 0 Å². The molecule has 2 N–H and O–H groups in total. The van der Waals surface area contributed by atoms with Crippen molar-refractivity contribution in [3.05, 3.63) is 0 Å². The molecule has 0 aromatic heterocycles. The first kappa shape index (κ1) is 11.5. The highest BCUT2D eigenvalue weighted by molar-refractivity contribution is 5.82. The molecule has 14 heavy (non-hydrogen) atoms. The summed E-state index contributed by atoms with van der Waals surface area (Å²) < 4.78 is 0. The van der Waals surface area contributed by atoms with Gasteiger partial charge in [-0.25, -0.2) is 0 Å². The lowest BCUT2D eigenvalue weighted by Crippen LogP contribution is -2.47. The summed E-state index contributed by atoms with van der Waals surface area (Å²) in [5.74, 6) is 0.150. The summed E-state index contributed by atoms with van der Waals surface area (Å²) in [4.78, 5) is 13.7. The second kappa shape index (κ2) is 5.32. The van der Waals surface area contributed by atoms with Gasteiger partial charge in [-0.05, 0) is 40.4 Å². The quantitative estimate of drug-likeness (QED) is 0.659. The molecule has 82 valence electrons. The van der Waals surface area contributed by atoms with Crippen LogP contribution in [0.25, 0.3) is 0 Å². The van der Waals surface area contributed by atoms with Crippen LogP contribution >= 0.6 is 0 Å². The van der Waals surface area contributed by atoms with E-state index in [0.717, 1.165) is 25.9 Å². The van der Waals surface area contributed by atoms with E-state index in [0.29, 0.717) is 0 Å². The van der Waals surface area contributed by atoms with E-state index in [9.17, 15) is 4.79 Å². The fourth-order valence-electron chi connectivity index (χ4n) is 1.85. The fraction of sp³-hybridized carbons (Fsp3) is 0.900. The van der Waals surface area contributed by atoms with Crippen molar-refractivity contribution in [1.82, 2.24) is 15.5 Å². The Labute approximate surface area is 86.0 Å². The van der Waals surface area contributed by atoms with Gasteiger partial charge in [0.05, 0.1) is 6.04 Å². The van der Waals surface area contributed by atoms with Gasteiger partial charge in [-0.3, -0.25) is 4.79 Å². The Kier molecular flexibility index (Phi) is 4.35. The molecule has 1 aliphatic rings. The average molecular weight is 199 g/mol. The maximum absolute atomic E-state index is 11.6. The van der Waals surface area contributed by atoms with Crippen molar-refractivity contribution in [3.63, 3.8) is 0 Å². The molecule has 0 bridgehead atoms. The predicted molar refractivity (Wildman–Crippen MR) is 57.2 cm³/mol. The number of rotatable bonds is 4. The summed E-state index contributed by atoms with van der Waals surface area (Å²) in [5, 5.41) is 6.20. The summed E-state index contributed by atoms with van der Waals surface area (Å²) in [7, 11) is 4.02. The summed E-state index contributed by atoms with van der Waals surface area (Å²) in [6, 6.07) is 0.263. The van der Waals surface area contributed by atoms with Crippen LogP contribution in [0.15, 0.2) is 0 Å². The van der Waals surface area contributed by atoms with Crippen LogP contribution in [0, 0.1) is 0 Å². The van der Waals surface area contributed by atoms with Crippen molar-refractivity contribution in [2.45, 2.75) is 31.8 Å². The molecule has 0 saturated carbocycles. The Morgan fingerprint density at radius 1 is 1.64 bits per heavy atom. The molecule has 4 heteroatoms. The monoisotopic (exact) mass is 199 g/mol. The topological polar surface area (TPSA) is 44.4 Å². The highest BCUT2D eigenvalue weighted by Crippen LogP contribution is 2.04. The lowest BCUT2D eigenvalue weighted by Gasteiger charge is -2.20. The van der Waals surface area contributed by atoms with Gasteiger partial charge < -0.3 is 15.5 Å². The number of hydrogen-bond donors (Lipinski definition) is 2. The SMILES string of the molecule is CC(CN(C)C)NC(=O)C1CCCN1. The molecular weight excluding hydrogens is 178 g/mol. The molecule has 0 aliphatic carbocycles. The van der Waals surface area contributed by atoms with Gasteiger partial charge in [0.2, 0.25) is 5.91 Å². The van der Waals surface area contributed by atoms with Crippen molar-refractivity contribution in [1.29, 1.82) is 0 Å². The maximum atomic E-state index is 11.6. The van der Waals surface area contributed by atoms with Crippen LogP contribution in [0.2, 0.25) is 0 Å². The largest absolute Gasteiger partial charge is 0.351 e. The Morgan fingerprint density at radius 3 is 2.86 bits per heavy atom. The molecule has 2 unspecified atom stereocenters. The van der Waals surface area contributed by atoms with E-state index in [-0.39, 0.29) is 18.0 Å². The molecule has 2 atom stereocenters. The average Bonchev–Trinajstić information content (AvgIpc) is 2.53. The first-order valence-corrected chi connectivity index (χ1v) is 5.28. The molecule has 1 heterocycles. The predicted octanol–water partition coefficient (Wildman–Crippen LogP) is -0.195. The highest BCUT2D eigenvalue weighted by Gasteiger charge is 2.22. The zero-order valence-electron chi connectivity index (χ0n) is 9.34. The lowest BCUT2D eigenvalue weighted by atomic mass is 10.2. The van der Waals surface area contributed by atoms with E-state index in [4.69, 9.17) is 0 Å². The standard InChI is InChI=1S/C10H21N3O/c1-8(7-13(2)3)12-10(14)9-5-4-6-11-9/h8-9,11H,4-7H2,1-3H3,(H,12,14). The molecule has 0 spiro atoms. The van der Waals surface area contributed by atoms with Gasteiger partial charge in [-0.15, -0.1) is 0 Å². The van der Waals surface area contributed by atoms with Crippen molar-refractivity contribution < 1.29 is 4.79 Å². The number of hydrogen-bond acceptors (Lipinski definition) is 3. The van der Waals surface area contributed by atoms with Crippen molar-refractivity contribution in [2.75, 3.05) is 27.2 Å². The van der Waals surface area contributed by atoms with Crippen molar-refractivity contribution in [2.24, 2.45) is 0 Å². The molecule has 1 fully saturated rings. The smallest absolute Gasteiger partial charge is 0.237 e. The third-order valence-corrected chi connectivity index (χ3v) is 2.40.